The van der Waals surface area contributed by atoms with Gasteiger partial charge in [0.1, 0.15) is 11.2 Å². The fourth-order valence-corrected chi connectivity index (χ4v) is 6.49. The first-order valence-corrected chi connectivity index (χ1v) is 16.8. The Labute approximate surface area is 281 Å². The van der Waals surface area contributed by atoms with Crippen LogP contribution in [0.1, 0.15) is 64.1 Å². The Hall–Kier alpha value is -3.87. The molecule has 1 atom stereocenters. The molecule has 0 bridgehead atoms. The van der Waals surface area contributed by atoms with E-state index in [0.717, 1.165) is 20.0 Å². The summed E-state index contributed by atoms with van der Waals surface area (Å²) < 4.78 is 12.5. The lowest BCUT2D eigenvalue weighted by atomic mass is 10.1. The zero-order valence-corrected chi connectivity index (χ0v) is 29.1. The molecule has 0 aliphatic carbocycles. The molecule has 13 heteroatoms. The van der Waals surface area contributed by atoms with Crippen molar-refractivity contribution in [3.8, 4) is 0 Å². The van der Waals surface area contributed by atoms with Crippen molar-refractivity contribution >= 4 is 80.1 Å². The molecule has 1 aliphatic heterocycles. The maximum atomic E-state index is 13.6. The molecule has 1 unspecified atom stereocenters. The number of nitrogens with zero attached hydrogens (tertiary/aromatic N) is 4. The SMILES string of the molecule is Cc1scnc1CN(C(=O)OC(C)(C)C)c1nn(C(=O)OC(C)(C)C)c2cc(NC(=O)C3CC=C(c4ccc(Cl)cc4)S3)ccc12. The van der Waals surface area contributed by atoms with Crippen LogP contribution in [0.5, 0.6) is 0 Å². The van der Waals surface area contributed by atoms with Crippen molar-refractivity contribution in [3.05, 3.63) is 75.2 Å². The lowest BCUT2D eigenvalue weighted by molar-refractivity contribution is -0.115. The molecule has 2 aromatic heterocycles. The average Bonchev–Trinajstić information content (AvgIpc) is 3.69. The van der Waals surface area contributed by atoms with E-state index in [-0.39, 0.29) is 23.5 Å². The molecule has 0 fully saturated rings. The fraction of sp³-hybridized carbons (Fsp3) is 0.364. The Morgan fingerprint density at radius 2 is 1.74 bits per heavy atom. The predicted octanol–water partition coefficient (Wildman–Crippen LogP) is 8.66. The van der Waals surface area contributed by atoms with E-state index in [9.17, 15) is 14.4 Å². The van der Waals surface area contributed by atoms with Crippen LogP contribution in [0.25, 0.3) is 15.8 Å². The first-order valence-electron chi connectivity index (χ1n) is 14.7. The second-order valence-corrected chi connectivity index (χ2v) is 15.5. The highest BCUT2D eigenvalue weighted by molar-refractivity contribution is 8.09. The van der Waals surface area contributed by atoms with Crippen LogP contribution in [-0.2, 0) is 20.8 Å². The van der Waals surface area contributed by atoms with E-state index in [4.69, 9.17) is 21.1 Å². The second-order valence-electron chi connectivity index (χ2n) is 12.8. The van der Waals surface area contributed by atoms with Gasteiger partial charge in [-0.1, -0.05) is 29.8 Å². The van der Waals surface area contributed by atoms with E-state index in [1.807, 2.05) is 37.3 Å². The number of thioether (sulfide) groups is 1. The lowest BCUT2D eigenvalue weighted by Gasteiger charge is -2.26. The predicted molar refractivity (Wildman–Crippen MR) is 185 cm³/mol. The number of anilines is 2. The normalized spacial score (nSPS) is 15.0. The van der Waals surface area contributed by atoms with E-state index in [2.05, 4.69) is 15.4 Å². The summed E-state index contributed by atoms with van der Waals surface area (Å²) in [5.74, 6) is 0.0195. The fourth-order valence-electron chi connectivity index (χ4n) is 4.64. The molecule has 46 heavy (non-hydrogen) atoms. The number of allylic oxidation sites excluding steroid dienone is 1. The molecule has 1 N–H and O–H groups in total. The quantitative estimate of drug-likeness (QED) is 0.215. The van der Waals surface area contributed by atoms with Crippen LogP contribution in [0.2, 0.25) is 5.02 Å². The van der Waals surface area contributed by atoms with Gasteiger partial charge in [0, 0.05) is 25.9 Å². The molecule has 0 saturated heterocycles. The van der Waals surface area contributed by atoms with Crippen LogP contribution in [0.4, 0.5) is 21.1 Å². The van der Waals surface area contributed by atoms with Gasteiger partial charge in [-0.3, -0.25) is 9.69 Å². The molecule has 5 rings (SSSR count). The molecule has 10 nitrogen and oxygen atoms in total. The number of halogens is 1. The van der Waals surface area contributed by atoms with Gasteiger partial charge in [0.15, 0.2) is 5.82 Å². The molecule has 3 heterocycles. The Morgan fingerprint density at radius 3 is 2.37 bits per heavy atom. The first kappa shape index (κ1) is 33.5. The Kier molecular flexibility index (Phi) is 9.53. The number of amides is 2. The summed E-state index contributed by atoms with van der Waals surface area (Å²) >= 11 is 8.98. The minimum atomic E-state index is -0.807. The number of hydrogen-bond acceptors (Lipinski definition) is 9. The number of benzene rings is 2. The van der Waals surface area contributed by atoms with Gasteiger partial charge in [0.2, 0.25) is 5.91 Å². The minimum Gasteiger partial charge on any atom is -0.443 e. The Bertz CT molecular complexity index is 1820. The van der Waals surface area contributed by atoms with E-state index in [0.29, 0.717) is 33.7 Å². The summed E-state index contributed by atoms with van der Waals surface area (Å²) in [5, 5.41) is 8.38. The summed E-state index contributed by atoms with van der Waals surface area (Å²) in [6, 6.07) is 12.6. The zero-order valence-electron chi connectivity index (χ0n) is 26.7. The van der Waals surface area contributed by atoms with Gasteiger partial charge >= 0.3 is 12.2 Å². The number of aromatic nitrogens is 3. The van der Waals surface area contributed by atoms with Crippen LogP contribution < -0.4 is 10.2 Å². The summed E-state index contributed by atoms with van der Waals surface area (Å²) in [6.07, 6.45) is 1.23. The van der Waals surface area contributed by atoms with Gasteiger partial charge in [0.05, 0.1) is 28.5 Å². The number of aryl methyl sites for hydroxylation is 1. The van der Waals surface area contributed by atoms with E-state index >= 15 is 0 Å². The van der Waals surface area contributed by atoms with Crippen molar-refractivity contribution in [1.82, 2.24) is 14.8 Å². The van der Waals surface area contributed by atoms with Gasteiger partial charge in [-0.2, -0.15) is 4.68 Å². The van der Waals surface area contributed by atoms with Crippen LogP contribution in [0, 0.1) is 6.92 Å². The highest BCUT2D eigenvalue weighted by atomic mass is 35.5. The third-order valence-electron chi connectivity index (χ3n) is 6.73. The molecular formula is C33H36ClN5O5S2. The number of fused-ring (bicyclic) bond motifs is 1. The van der Waals surface area contributed by atoms with Crippen LogP contribution in [0.15, 0.2) is 54.1 Å². The maximum Gasteiger partial charge on any atom is 0.435 e. The molecule has 1 aliphatic rings. The maximum absolute atomic E-state index is 13.6. The van der Waals surface area contributed by atoms with Gasteiger partial charge in [-0.05, 0) is 90.8 Å². The van der Waals surface area contributed by atoms with E-state index in [1.165, 1.54) is 28.0 Å². The number of rotatable bonds is 6. The number of nitrogens with one attached hydrogen (secondary N) is 1. The standard InChI is InChI=1S/C33H36ClN5O5S2/c1-19-24(35-18-45-19)17-38(30(41)43-32(2,3)4)28-23-13-12-22(16-25(23)39(37-28)31(42)44-33(5,6)7)36-29(40)27-15-14-26(46-27)20-8-10-21(34)11-9-20/h8-14,16,18,27H,15,17H2,1-7H3,(H,36,40). The van der Waals surface area contributed by atoms with Crippen molar-refractivity contribution in [2.24, 2.45) is 0 Å². The topological polar surface area (TPSA) is 116 Å². The molecule has 4 aromatic rings. The Morgan fingerprint density at radius 1 is 1.04 bits per heavy atom. The number of carbonyl (C=O) groups excluding carboxylic acids is 3. The molecule has 2 aromatic carbocycles. The van der Waals surface area contributed by atoms with Crippen LogP contribution >= 0.6 is 34.7 Å². The lowest BCUT2D eigenvalue weighted by Crippen LogP contribution is -2.37. The van der Waals surface area contributed by atoms with Crippen LogP contribution in [-0.4, -0.2) is 49.3 Å². The van der Waals surface area contributed by atoms with Crippen molar-refractivity contribution in [1.29, 1.82) is 0 Å². The monoisotopic (exact) mass is 681 g/mol. The molecule has 2 amide bonds. The highest BCUT2D eigenvalue weighted by Crippen LogP contribution is 2.40. The van der Waals surface area contributed by atoms with Gasteiger partial charge in [-0.25, -0.2) is 14.6 Å². The van der Waals surface area contributed by atoms with E-state index < -0.39 is 23.4 Å². The largest absolute Gasteiger partial charge is 0.443 e. The van der Waals surface area contributed by atoms with Gasteiger partial charge in [0.25, 0.3) is 0 Å². The summed E-state index contributed by atoms with van der Waals surface area (Å²) in [7, 11) is 0. The summed E-state index contributed by atoms with van der Waals surface area (Å²) in [5.41, 5.74) is 2.62. The Balaban J connectivity index is 1.48. The van der Waals surface area contributed by atoms with E-state index in [1.54, 1.807) is 65.3 Å². The van der Waals surface area contributed by atoms with Crippen LogP contribution in [0.3, 0.4) is 0 Å². The smallest absolute Gasteiger partial charge is 0.435 e. The zero-order chi connectivity index (χ0) is 33.4. The number of carbonyl (C=O) groups is 3. The molecule has 0 saturated carbocycles. The van der Waals surface area contributed by atoms with Crippen molar-refractivity contribution in [2.75, 3.05) is 10.2 Å². The number of ether oxygens (including phenoxy) is 2. The molecule has 242 valence electrons. The summed E-state index contributed by atoms with van der Waals surface area (Å²) in [4.78, 5) is 48.1. The number of hydrogen-bond donors (Lipinski definition) is 1. The van der Waals surface area contributed by atoms with Crippen molar-refractivity contribution in [3.63, 3.8) is 0 Å². The minimum absolute atomic E-state index is 0.0744. The third-order valence-corrected chi connectivity index (χ3v) is 9.12. The highest BCUT2D eigenvalue weighted by Gasteiger charge is 2.32. The summed E-state index contributed by atoms with van der Waals surface area (Å²) in [6.45, 7) is 12.6. The third kappa shape index (κ3) is 7.91. The average molecular weight is 682 g/mol. The van der Waals surface area contributed by atoms with Crippen molar-refractivity contribution < 1.29 is 23.9 Å². The molecular weight excluding hydrogens is 646 g/mol. The number of thiazole rings is 1. The van der Waals surface area contributed by atoms with Gasteiger partial charge < -0.3 is 14.8 Å². The van der Waals surface area contributed by atoms with Gasteiger partial charge in [-0.15, -0.1) is 28.2 Å². The molecule has 0 spiro atoms. The first-order chi connectivity index (χ1) is 21.6. The second kappa shape index (κ2) is 13.1. The van der Waals surface area contributed by atoms with Crippen molar-refractivity contribution in [2.45, 2.75) is 77.9 Å². The molecule has 0 radical (unpaired) electrons.